The van der Waals surface area contributed by atoms with Crippen LogP contribution in [0, 0.1) is 0 Å². The molecular formula is C13H21NOS. The Morgan fingerprint density at radius 1 is 1.25 bits per heavy atom. The molecular weight excluding hydrogens is 218 g/mol. The van der Waals surface area contributed by atoms with Crippen LogP contribution in [0.4, 0.5) is 0 Å². The standard InChI is InChI=1S/C13H21NOS/c1-10(2)16-12-7-5-11(6-8-12)13(15-4)9-14-3/h5-8,10,13-14H,9H2,1-4H3. The number of methoxy groups -OCH3 is 1. The molecule has 0 amide bonds. The fraction of sp³-hybridized carbons (Fsp3) is 0.538. The Hall–Kier alpha value is -0.510. The molecule has 0 aliphatic rings. The molecule has 0 heterocycles. The average molecular weight is 239 g/mol. The first-order chi connectivity index (χ1) is 7.67. The zero-order chi connectivity index (χ0) is 12.0. The van der Waals surface area contributed by atoms with Crippen LogP contribution in [-0.2, 0) is 4.74 Å². The molecule has 1 atom stereocenters. The van der Waals surface area contributed by atoms with Crippen molar-refractivity contribution in [2.75, 3.05) is 20.7 Å². The summed E-state index contributed by atoms with van der Waals surface area (Å²) >= 11 is 1.88. The van der Waals surface area contributed by atoms with Gasteiger partial charge in [-0.1, -0.05) is 26.0 Å². The minimum Gasteiger partial charge on any atom is -0.375 e. The second kappa shape index (κ2) is 6.94. The Morgan fingerprint density at radius 3 is 2.31 bits per heavy atom. The number of ether oxygens (including phenoxy) is 1. The van der Waals surface area contributed by atoms with Gasteiger partial charge in [0.25, 0.3) is 0 Å². The van der Waals surface area contributed by atoms with E-state index in [1.807, 2.05) is 18.8 Å². The molecule has 0 aliphatic carbocycles. The third-order valence-electron chi connectivity index (χ3n) is 2.30. The van der Waals surface area contributed by atoms with Crippen molar-refractivity contribution in [1.82, 2.24) is 5.32 Å². The van der Waals surface area contributed by atoms with Crippen LogP contribution in [-0.4, -0.2) is 26.0 Å². The number of hydrogen-bond acceptors (Lipinski definition) is 3. The smallest absolute Gasteiger partial charge is 0.0945 e. The molecule has 2 nitrogen and oxygen atoms in total. The van der Waals surface area contributed by atoms with Gasteiger partial charge in [-0.05, 0) is 24.7 Å². The van der Waals surface area contributed by atoms with E-state index in [9.17, 15) is 0 Å². The van der Waals surface area contributed by atoms with Crippen molar-refractivity contribution >= 4 is 11.8 Å². The zero-order valence-corrected chi connectivity index (χ0v) is 11.3. The summed E-state index contributed by atoms with van der Waals surface area (Å²) in [6, 6.07) is 8.63. The fourth-order valence-corrected chi connectivity index (χ4v) is 2.39. The largest absolute Gasteiger partial charge is 0.375 e. The van der Waals surface area contributed by atoms with Crippen LogP contribution in [0.25, 0.3) is 0 Å². The first-order valence-electron chi connectivity index (χ1n) is 5.61. The Kier molecular flexibility index (Phi) is 5.88. The van der Waals surface area contributed by atoms with Gasteiger partial charge in [0.2, 0.25) is 0 Å². The van der Waals surface area contributed by atoms with Gasteiger partial charge in [-0.3, -0.25) is 0 Å². The van der Waals surface area contributed by atoms with Gasteiger partial charge in [-0.15, -0.1) is 11.8 Å². The van der Waals surface area contributed by atoms with Crippen LogP contribution in [0.3, 0.4) is 0 Å². The van der Waals surface area contributed by atoms with Crippen LogP contribution < -0.4 is 5.32 Å². The third kappa shape index (κ3) is 4.16. The molecule has 0 spiro atoms. The summed E-state index contributed by atoms with van der Waals surface area (Å²) < 4.78 is 5.43. The number of hydrogen-bond donors (Lipinski definition) is 1. The minimum absolute atomic E-state index is 0.142. The van der Waals surface area contributed by atoms with Gasteiger partial charge in [-0.25, -0.2) is 0 Å². The lowest BCUT2D eigenvalue weighted by Crippen LogP contribution is -2.18. The van der Waals surface area contributed by atoms with Gasteiger partial charge in [-0.2, -0.15) is 0 Å². The summed E-state index contributed by atoms with van der Waals surface area (Å²) in [4.78, 5) is 1.32. The molecule has 0 saturated carbocycles. The van der Waals surface area contributed by atoms with E-state index < -0.39 is 0 Å². The van der Waals surface area contributed by atoms with E-state index in [0.717, 1.165) is 6.54 Å². The van der Waals surface area contributed by atoms with Crippen molar-refractivity contribution in [3.8, 4) is 0 Å². The third-order valence-corrected chi connectivity index (χ3v) is 3.31. The highest BCUT2D eigenvalue weighted by atomic mass is 32.2. The maximum Gasteiger partial charge on any atom is 0.0945 e. The highest BCUT2D eigenvalue weighted by Gasteiger charge is 2.09. The molecule has 3 heteroatoms. The molecule has 1 unspecified atom stereocenters. The zero-order valence-electron chi connectivity index (χ0n) is 10.5. The lowest BCUT2D eigenvalue weighted by molar-refractivity contribution is 0.104. The lowest BCUT2D eigenvalue weighted by atomic mass is 10.1. The molecule has 1 aromatic carbocycles. The normalized spacial score (nSPS) is 13.1. The maximum absolute atomic E-state index is 5.43. The first kappa shape index (κ1) is 13.6. The Bertz CT molecular complexity index is 297. The average Bonchev–Trinajstić information content (AvgIpc) is 2.26. The van der Waals surface area contributed by atoms with Gasteiger partial charge >= 0.3 is 0 Å². The van der Waals surface area contributed by atoms with Crippen LogP contribution in [0.15, 0.2) is 29.2 Å². The van der Waals surface area contributed by atoms with Crippen LogP contribution >= 0.6 is 11.8 Å². The van der Waals surface area contributed by atoms with Gasteiger partial charge in [0.15, 0.2) is 0 Å². The van der Waals surface area contributed by atoms with E-state index in [-0.39, 0.29) is 6.10 Å². The van der Waals surface area contributed by atoms with E-state index in [0.29, 0.717) is 5.25 Å². The number of likely N-dealkylation sites (N-methyl/N-ethyl adjacent to an activating group) is 1. The van der Waals surface area contributed by atoms with Crippen LogP contribution in [0.1, 0.15) is 25.5 Å². The second-order valence-corrected chi connectivity index (χ2v) is 5.67. The van der Waals surface area contributed by atoms with Crippen molar-refractivity contribution in [3.63, 3.8) is 0 Å². The van der Waals surface area contributed by atoms with E-state index in [4.69, 9.17) is 4.74 Å². The highest BCUT2D eigenvalue weighted by molar-refractivity contribution is 7.99. The summed E-state index contributed by atoms with van der Waals surface area (Å²) in [5.74, 6) is 0. The van der Waals surface area contributed by atoms with Gasteiger partial charge < -0.3 is 10.1 Å². The summed E-state index contributed by atoms with van der Waals surface area (Å²) in [6.45, 7) is 5.25. The lowest BCUT2D eigenvalue weighted by Gasteiger charge is -2.15. The van der Waals surface area contributed by atoms with E-state index in [2.05, 4.69) is 43.4 Å². The molecule has 0 saturated heterocycles. The van der Waals surface area contributed by atoms with Gasteiger partial charge in [0.1, 0.15) is 0 Å². The molecule has 1 aromatic rings. The molecule has 0 aromatic heterocycles. The van der Waals surface area contributed by atoms with Gasteiger partial charge in [0, 0.05) is 23.8 Å². The van der Waals surface area contributed by atoms with Crippen LogP contribution in [0.2, 0.25) is 0 Å². The Morgan fingerprint density at radius 2 is 1.88 bits per heavy atom. The Balaban J connectivity index is 2.69. The molecule has 1 N–H and O–H groups in total. The molecule has 90 valence electrons. The molecule has 16 heavy (non-hydrogen) atoms. The highest BCUT2D eigenvalue weighted by Crippen LogP contribution is 2.25. The summed E-state index contributed by atoms with van der Waals surface area (Å²) in [5, 5.41) is 3.76. The SMILES string of the molecule is CNCC(OC)c1ccc(SC(C)C)cc1. The van der Waals surface area contributed by atoms with Crippen molar-refractivity contribution in [3.05, 3.63) is 29.8 Å². The molecule has 1 rings (SSSR count). The predicted molar refractivity (Wildman–Crippen MR) is 71.1 cm³/mol. The second-order valence-electron chi connectivity index (χ2n) is 4.02. The predicted octanol–water partition coefficient (Wildman–Crippen LogP) is 3.09. The fourth-order valence-electron chi connectivity index (χ4n) is 1.56. The quantitative estimate of drug-likeness (QED) is 0.771. The molecule has 0 bridgehead atoms. The first-order valence-corrected chi connectivity index (χ1v) is 6.49. The Labute approximate surface area is 103 Å². The van der Waals surface area contributed by atoms with Gasteiger partial charge in [0.05, 0.1) is 6.10 Å². The topological polar surface area (TPSA) is 21.3 Å². The number of nitrogens with one attached hydrogen (secondary N) is 1. The molecule has 0 radical (unpaired) electrons. The number of thioether (sulfide) groups is 1. The summed E-state index contributed by atoms with van der Waals surface area (Å²) in [6.07, 6.45) is 0.142. The maximum atomic E-state index is 5.43. The summed E-state index contributed by atoms with van der Waals surface area (Å²) in [5.41, 5.74) is 1.23. The van der Waals surface area contributed by atoms with Crippen LogP contribution in [0.5, 0.6) is 0 Å². The van der Waals surface area contributed by atoms with E-state index >= 15 is 0 Å². The minimum atomic E-state index is 0.142. The van der Waals surface area contributed by atoms with Crippen molar-refractivity contribution in [2.45, 2.75) is 30.1 Å². The van der Waals surface area contributed by atoms with Crippen molar-refractivity contribution in [2.24, 2.45) is 0 Å². The summed E-state index contributed by atoms with van der Waals surface area (Å²) in [7, 11) is 3.69. The van der Waals surface area contributed by atoms with Crippen molar-refractivity contribution in [1.29, 1.82) is 0 Å². The monoisotopic (exact) mass is 239 g/mol. The number of rotatable bonds is 6. The number of benzene rings is 1. The molecule has 0 aliphatic heterocycles. The van der Waals surface area contributed by atoms with E-state index in [1.165, 1.54) is 10.5 Å². The van der Waals surface area contributed by atoms with E-state index in [1.54, 1.807) is 7.11 Å². The van der Waals surface area contributed by atoms with Crippen molar-refractivity contribution < 1.29 is 4.74 Å². The molecule has 0 fully saturated rings.